The number of halogens is 2. The van der Waals surface area contributed by atoms with Gasteiger partial charge in [0.1, 0.15) is 45.0 Å². The van der Waals surface area contributed by atoms with Crippen LogP contribution in [-0.2, 0) is 19.0 Å². The molecule has 0 spiro atoms. The number of likely N-dealkylation sites (tertiary alicyclic amines) is 2. The van der Waals surface area contributed by atoms with Gasteiger partial charge in [-0.05, 0) is 87.7 Å². The molecule has 306 valence electrons. The van der Waals surface area contributed by atoms with Crippen LogP contribution >= 0.6 is 23.2 Å². The highest BCUT2D eigenvalue weighted by molar-refractivity contribution is 6.32. The molecule has 13 nitrogen and oxygen atoms in total. The standard InChI is InChI=1S/C43H49Cl2N7O6/c1-21-28-20-31(52(35(21)28)42(55)58-43(2,3)4)39-47-33(37(45)50-39)25-12-8-23(9-13-25)22-6-10-24(11-7-22)32-36(44)49-38(46-32)30-19-27-18-29(27)51(30)40(53)34(48-41(54)56-5)26-14-16-57-17-15-26/h6-13,21,26-31,34-35H,14-20H2,1-5H3,(H,46,49)(H,47,50)(H,48,54)/t21-,27-,28+,29-,30+,31+,34+,35-/m1/s1. The third-order valence-corrected chi connectivity index (χ3v) is 13.3. The Bertz CT molecular complexity index is 2210. The van der Waals surface area contributed by atoms with Crippen molar-refractivity contribution in [2.75, 3.05) is 20.3 Å². The first kappa shape index (κ1) is 38.9. The number of ether oxygens (including phenoxy) is 3. The molecular weight excluding hydrogens is 781 g/mol. The number of aromatic nitrogens is 4. The van der Waals surface area contributed by atoms with E-state index in [1.807, 2.05) is 79.1 Å². The predicted molar refractivity (Wildman–Crippen MR) is 218 cm³/mol. The summed E-state index contributed by atoms with van der Waals surface area (Å²) in [5.74, 6) is 2.41. The molecule has 2 saturated carbocycles. The van der Waals surface area contributed by atoms with Crippen LogP contribution < -0.4 is 5.32 Å². The van der Waals surface area contributed by atoms with Gasteiger partial charge in [0, 0.05) is 36.4 Å². The number of methoxy groups -OCH3 is 1. The summed E-state index contributed by atoms with van der Waals surface area (Å²) >= 11 is 13.5. The SMILES string of the molecule is COC(=O)N[C@H](C(=O)N1[C@@H]2C[C@@H]2C[C@H]1c1nc(-c2ccc(-c3ccc(-c4nc([C@@H]5C[C@H]6[C@@H](C)[C@H]6N5C(=O)OC(C)(C)C)[nH]c4Cl)cc3)cc2)c(Cl)[nH]1)C1CCOCC1. The number of nitrogens with one attached hydrogen (secondary N) is 3. The van der Waals surface area contributed by atoms with Crippen LogP contribution in [0.5, 0.6) is 0 Å². The number of hydrogen-bond acceptors (Lipinski definition) is 8. The minimum absolute atomic E-state index is 0.0463. The highest BCUT2D eigenvalue weighted by Crippen LogP contribution is 2.58. The van der Waals surface area contributed by atoms with E-state index in [4.69, 9.17) is 47.4 Å². The lowest BCUT2D eigenvalue weighted by Gasteiger charge is -2.35. The van der Waals surface area contributed by atoms with Gasteiger partial charge < -0.3 is 34.4 Å². The number of alkyl carbamates (subject to hydrolysis) is 1. The zero-order valence-corrected chi connectivity index (χ0v) is 34.8. The fourth-order valence-corrected chi connectivity index (χ4v) is 10.1. The molecule has 2 aromatic heterocycles. The second-order valence-electron chi connectivity index (χ2n) is 17.5. The van der Waals surface area contributed by atoms with E-state index < -0.39 is 17.7 Å². The molecule has 3 saturated heterocycles. The van der Waals surface area contributed by atoms with Crippen LogP contribution in [0.15, 0.2) is 48.5 Å². The van der Waals surface area contributed by atoms with Gasteiger partial charge in [0.2, 0.25) is 5.91 Å². The van der Waals surface area contributed by atoms with Crippen LogP contribution in [0.3, 0.4) is 0 Å². The summed E-state index contributed by atoms with van der Waals surface area (Å²) in [5.41, 5.74) is 4.38. The van der Waals surface area contributed by atoms with E-state index in [0.717, 1.165) is 41.5 Å². The number of carbonyl (C=O) groups excluding carboxylic acids is 3. The molecular formula is C43H49Cl2N7O6. The number of hydrogen-bond donors (Lipinski definition) is 3. The minimum atomic E-state index is -0.707. The highest BCUT2D eigenvalue weighted by Gasteiger charge is 2.62. The van der Waals surface area contributed by atoms with E-state index in [-0.39, 0.29) is 42.1 Å². The smallest absolute Gasteiger partial charge is 0.411 e. The lowest BCUT2D eigenvalue weighted by Crippen LogP contribution is -2.54. The first-order chi connectivity index (χ1) is 27.8. The number of benzene rings is 2. The van der Waals surface area contributed by atoms with Crippen LogP contribution in [0, 0.1) is 23.7 Å². The monoisotopic (exact) mass is 829 g/mol. The summed E-state index contributed by atoms with van der Waals surface area (Å²) in [6.45, 7) is 8.92. The number of imidazole rings is 2. The largest absolute Gasteiger partial charge is 0.453 e. The Morgan fingerprint density at radius 3 is 1.90 bits per heavy atom. The lowest BCUT2D eigenvalue weighted by molar-refractivity contribution is -0.138. The average Bonchev–Trinajstić information content (AvgIpc) is 3.73. The van der Waals surface area contributed by atoms with Gasteiger partial charge in [-0.2, -0.15) is 0 Å². The van der Waals surface area contributed by atoms with E-state index >= 15 is 0 Å². The fraction of sp³-hybridized carbons (Fsp3) is 0.512. The molecule has 2 aromatic carbocycles. The van der Waals surface area contributed by atoms with E-state index in [2.05, 4.69) is 22.2 Å². The lowest BCUT2D eigenvalue weighted by atomic mass is 9.90. The van der Waals surface area contributed by atoms with Gasteiger partial charge in [0.15, 0.2) is 0 Å². The minimum Gasteiger partial charge on any atom is -0.453 e. The summed E-state index contributed by atoms with van der Waals surface area (Å²) in [7, 11) is 1.31. The highest BCUT2D eigenvalue weighted by atomic mass is 35.5. The summed E-state index contributed by atoms with van der Waals surface area (Å²) in [6.07, 6.45) is 2.97. The molecule has 15 heteroatoms. The van der Waals surface area contributed by atoms with Crippen LogP contribution in [-0.4, -0.2) is 91.9 Å². The number of rotatable bonds is 8. The van der Waals surface area contributed by atoms with Gasteiger partial charge in [-0.1, -0.05) is 78.7 Å². The van der Waals surface area contributed by atoms with Crippen molar-refractivity contribution < 1.29 is 28.6 Å². The molecule has 5 heterocycles. The Balaban J connectivity index is 0.896. The van der Waals surface area contributed by atoms with Crippen molar-refractivity contribution in [3.8, 4) is 33.6 Å². The first-order valence-electron chi connectivity index (χ1n) is 20.3. The van der Waals surface area contributed by atoms with Crippen LogP contribution in [0.1, 0.15) is 83.5 Å². The molecule has 5 fully saturated rings. The number of fused-ring (bicyclic) bond motifs is 2. The van der Waals surface area contributed by atoms with Crippen LogP contribution in [0.4, 0.5) is 9.59 Å². The number of carbonyl (C=O) groups is 3. The molecule has 3 N–H and O–H groups in total. The predicted octanol–water partition coefficient (Wildman–Crippen LogP) is 8.57. The molecule has 0 unspecified atom stereocenters. The van der Waals surface area contributed by atoms with Crippen molar-refractivity contribution in [1.82, 2.24) is 35.1 Å². The van der Waals surface area contributed by atoms with E-state index in [0.29, 0.717) is 77.2 Å². The second kappa shape index (κ2) is 14.9. The summed E-state index contributed by atoms with van der Waals surface area (Å²) < 4.78 is 16.2. The van der Waals surface area contributed by atoms with Crippen LogP contribution in [0.2, 0.25) is 10.3 Å². The maximum atomic E-state index is 14.2. The van der Waals surface area contributed by atoms with Gasteiger partial charge in [0.25, 0.3) is 0 Å². The Kier molecular flexibility index (Phi) is 10.00. The van der Waals surface area contributed by atoms with Crippen molar-refractivity contribution >= 4 is 41.3 Å². The fourth-order valence-electron chi connectivity index (χ4n) is 9.59. The Morgan fingerprint density at radius 2 is 1.36 bits per heavy atom. The topological polar surface area (TPSA) is 155 Å². The summed E-state index contributed by atoms with van der Waals surface area (Å²) in [5, 5.41) is 3.67. The number of aromatic amines is 2. The Morgan fingerprint density at radius 1 is 0.828 bits per heavy atom. The Labute approximate surface area is 347 Å². The van der Waals surface area contributed by atoms with Crippen molar-refractivity contribution in [3.63, 3.8) is 0 Å². The van der Waals surface area contributed by atoms with E-state index in [1.165, 1.54) is 7.11 Å². The molecule has 5 aliphatic rings. The number of amides is 3. The summed E-state index contributed by atoms with van der Waals surface area (Å²) in [4.78, 5) is 60.0. The molecule has 0 radical (unpaired) electrons. The average molecular weight is 831 g/mol. The van der Waals surface area contributed by atoms with Crippen molar-refractivity contribution in [3.05, 3.63) is 70.5 Å². The number of piperidine rings is 2. The zero-order chi connectivity index (χ0) is 40.6. The number of H-pyrrole nitrogens is 2. The molecule has 0 bridgehead atoms. The van der Waals surface area contributed by atoms with E-state index in [9.17, 15) is 14.4 Å². The van der Waals surface area contributed by atoms with Crippen molar-refractivity contribution in [2.24, 2.45) is 23.7 Å². The van der Waals surface area contributed by atoms with E-state index in [1.54, 1.807) is 0 Å². The third kappa shape index (κ3) is 7.23. The Hall–Kier alpha value is -4.59. The maximum absolute atomic E-state index is 14.2. The van der Waals surface area contributed by atoms with Crippen molar-refractivity contribution in [1.29, 1.82) is 0 Å². The van der Waals surface area contributed by atoms with Crippen molar-refractivity contribution in [2.45, 2.75) is 95.6 Å². The number of nitrogens with zero attached hydrogens (tertiary/aromatic N) is 4. The summed E-state index contributed by atoms with van der Waals surface area (Å²) in [6, 6.07) is 15.2. The third-order valence-electron chi connectivity index (χ3n) is 12.7. The van der Waals surface area contributed by atoms with Gasteiger partial charge in [0.05, 0.1) is 19.2 Å². The quantitative estimate of drug-likeness (QED) is 0.160. The van der Waals surface area contributed by atoms with Gasteiger partial charge in [-0.25, -0.2) is 19.6 Å². The molecule has 3 aliphatic heterocycles. The molecule has 2 aliphatic carbocycles. The zero-order valence-electron chi connectivity index (χ0n) is 33.3. The normalized spacial score (nSPS) is 26.8. The molecule has 9 rings (SSSR count). The molecule has 8 atom stereocenters. The second-order valence-corrected chi connectivity index (χ2v) is 18.3. The van der Waals surface area contributed by atoms with Gasteiger partial charge in [-0.3, -0.25) is 9.69 Å². The molecule has 4 aromatic rings. The van der Waals surface area contributed by atoms with Gasteiger partial charge >= 0.3 is 12.2 Å². The molecule has 3 amide bonds. The van der Waals surface area contributed by atoms with Gasteiger partial charge in [-0.15, -0.1) is 0 Å². The van der Waals surface area contributed by atoms with Crippen LogP contribution in [0.25, 0.3) is 33.6 Å². The maximum Gasteiger partial charge on any atom is 0.411 e. The molecule has 58 heavy (non-hydrogen) atoms. The first-order valence-corrected chi connectivity index (χ1v) is 21.0.